The van der Waals surface area contributed by atoms with Crippen molar-refractivity contribution in [2.75, 3.05) is 9.80 Å². The summed E-state index contributed by atoms with van der Waals surface area (Å²) in [6.07, 6.45) is 23.9. The molecule has 4 heterocycles. The van der Waals surface area contributed by atoms with Gasteiger partial charge in [-0.3, -0.25) is 9.97 Å². The van der Waals surface area contributed by atoms with E-state index in [9.17, 15) is 0 Å². The van der Waals surface area contributed by atoms with Crippen LogP contribution in [0.25, 0.3) is 0 Å². The van der Waals surface area contributed by atoms with Gasteiger partial charge in [0.05, 0.1) is 0 Å². The molecule has 4 nitrogen and oxygen atoms in total. The van der Waals surface area contributed by atoms with Crippen molar-refractivity contribution in [1.82, 2.24) is 9.97 Å². The minimum Gasteiger partial charge on any atom is -0.324 e. The smallest absolute Gasteiger partial charge is 0.0479 e. The zero-order valence-corrected chi connectivity index (χ0v) is 13.0. The van der Waals surface area contributed by atoms with E-state index >= 15 is 0 Å². The summed E-state index contributed by atoms with van der Waals surface area (Å²) in [4.78, 5) is 12.2. The first-order valence-corrected chi connectivity index (χ1v) is 7.74. The fourth-order valence-electron chi connectivity index (χ4n) is 2.61. The molecule has 2 aliphatic heterocycles. The number of pyridine rings is 2. The summed E-state index contributed by atoms with van der Waals surface area (Å²) in [6.45, 7) is 0. The van der Waals surface area contributed by atoms with Gasteiger partial charge >= 0.3 is 0 Å². The summed E-state index contributed by atoms with van der Waals surface area (Å²) in [5.74, 6) is 0. The van der Waals surface area contributed by atoms with Crippen LogP contribution in [-0.4, -0.2) is 9.97 Å². The molecule has 0 aromatic carbocycles. The van der Waals surface area contributed by atoms with Crippen LogP contribution in [0, 0.1) is 0 Å². The summed E-state index contributed by atoms with van der Waals surface area (Å²) in [6, 6.07) is 7.94. The van der Waals surface area contributed by atoms with Gasteiger partial charge in [-0.1, -0.05) is 0 Å². The van der Waals surface area contributed by atoms with E-state index in [0.717, 1.165) is 11.4 Å². The summed E-state index contributed by atoms with van der Waals surface area (Å²) in [5.41, 5.74) is 4.56. The molecule has 2 aliphatic rings. The summed E-state index contributed by atoms with van der Waals surface area (Å²) in [7, 11) is 0. The molecule has 0 bridgehead atoms. The lowest BCUT2D eigenvalue weighted by Gasteiger charge is -2.21. The lowest BCUT2D eigenvalue weighted by atomic mass is 10.0. The Balaban J connectivity index is 1.52. The van der Waals surface area contributed by atoms with Crippen LogP contribution in [0.2, 0.25) is 0 Å². The van der Waals surface area contributed by atoms with Crippen molar-refractivity contribution in [2.24, 2.45) is 0 Å². The lowest BCUT2D eigenvalue weighted by Crippen LogP contribution is -2.12. The van der Waals surface area contributed by atoms with Crippen molar-refractivity contribution in [3.05, 3.63) is 109 Å². The number of hydrogen-bond donors (Lipinski definition) is 0. The molecule has 0 aliphatic carbocycles. The van der Waals surface area contributed by atoms with Crippen LogP contribution in [0.3, 0.4) is 0 Å². The standard InChI is InChI=1S/C20H16N4/c1-9-21-10-2-19(1)23-13-5-17(6-14-23)18-7-15-24(16-8-18)20-3-11-22-12-4-20/h1-16H. The topological polar surface area (TPSA) is 32.3 Å². The van der Waals surface area contributed by atoms with E-state index in [4.69, 9.17) is 0 Å². The highest BCUT2D eigenvalue weighted by Gasteiger charge is 2.08. The monoisotopic (exact) mass is 312 g/mol. The maximum absolute atomic E-state index is 4.05. The van der Waals surface area contributed by atoms with Gasteiger partial charge in [0, 0.05) is 61.0 Å². The molecular formula is C20H16N4. The summed E-state index contributed by atoms with van der Waals surface area (Å²) in [5, 5.41) is 0. The first-order valence-electron chi connectivity index (χ1n) is 7.74. The molecule has 4 rings (SSSR count). The van der Waals surface area contributed by atoms with Gasteiger partial charge in [0.2, 0.25) is 0 Å². The molecule has 0 N–H and O–H groups in total. The van der Waals surface area contributed by atoms with Crippen molar-refractivity contribution in [1.29, 1.82) is 0 Å². The van der Waals surface area contributed by atoms with Gasteiger partial charge in [-0.25, -0.2) is 0 Å². The molecular weight excluding hydrogens is 296 g/mol. The normalized spacial score (nSPS) is 16.2. The molecule has 0 spiro atoms. The molecule has 0 radical (unpaired) electrons. The molecule has 0 fully saturated rings. The van der Waals surface area contributed by atoms with Crippen LogP contribution in [0.4, 0.5) is 11.4 Å². The van der Waals surface area contributed by atoms with Gasteiger partial charge in [0.15, 0.2) is 0 Å². The van der Waals surface area contributed by atoms with Crippen molar-refractivity contribution < 1.29 is 0 Å². The van der Waals surface area contributed by atoms with Gasteiger partial charge in [0.25, 0.3) is 0 Å². The second-order valence-electron chi connectivity index (χ2n) is 5.40. The average molecular weight is 312 g/mol. The zero-order chi connectivity index (χ0) is 16.2. The number of hydrogen-bond acceptors (Lipinski definition) is 4. The van der Waals surface area contributed by atoms with E-state index in [1.165, 1.54) is 11.1 Å². The first-order chi connectivity index (χ1) is 11.9. The SMILES string of the molecule is C1=CN(c2ccncc2)C=CC1=C1C=CN(c2ccncc2)C=C1. The predicted molar refractivity (Wildman–Crippen MR) is 97.0 cm³/mol. The zero-order valence-electron chi connectivity index (χ0n) is 13.0. The van der Waals surface area contributed by atoms with E-state index in [1.54, 1.807) is 24.8 Å². The number of allylic oxidation sites excluding steroid dienone is 6. The third-order valence-electron chi connectivity index (χ3n) is 3.91. The van der Waals surface area contributed by atoms with E-state index in [0.29, 0.717) is 0 Å². The molecule has 0 atom stereocenters. The minimum atomic E-state index is 1.10. The fourth-order valence-corrected chi connectivity index (χ4v) is 2.61. The highest BCUT2D eigenvalue weighted by Crippen LogP contribution is 2.24. The maximum Gasteiger partial charge on any atom is 0.0479 e. The maximum atomic E-state index is 4.05. The third kappa shape index (κ3) is 2.90. The second-order valence-corrected chi connectivity index (χ2v) is 5.40. The Morgan fingerprint density at radius 1 is 0.500 bits per heavy atom. The molecule has 2 aromatic rings. The van der Waals surface area contributed by atoms with E-state index in [2.05, 4.69) is 68.9 Å². The Bertz CT molecular complexity index is 756. The third-order valence-corrected chi connectivity index (χ3v) is 3.91. The van der Waals surface area contributed by atoms with Crippen LogP contribution < -0.4 is 9.80 Å². The molecule has 0 unspecified atom stereocenters. The molecule has 2 aromatic heterocycles. The number of aromatic nitrogens is 2. The minimum absolute atomic E-state index is 1.10. The van der Waals surface area contributed by atoms with Gasteiger partial charge in [-0.05, 0) is 59.7 Å². The van der Waals surface area contributed by atoms with Crippen molar-refractivity contribution in [2.45, 2.75) is 0 Å². The number of anilines is 2. The highest BCUT2D eigenvalue weighted by atomic mass is 15.1. The Morgan fingerprint density at radius 3 is 1.17 bits per heavy atom. The quantitative estimate of drug-likeness (QED) is 0.833. The number of rotatable bonds is 2. The average Bonchev–Trinajstić information content (AvgIpc) is 2.70. The Kier molecular flexibility index (Phi) is 3.78. The molecule has 0 amide bonds. The van der Waals surface area contributed by atoms with Crippen LogP contribution in [0.15, 0.2) is 109 Å². The van der Waals surface area contributed by atoms with Gasteiger partial charge in [-0.2, -0.15) is 0 Å². The van der Waals surface area contributed by atoms with Gasteiger partial charge < -0.3 is 9.80 Å². The molecule has 24 heavy (non-hydrogen) atoms. The lowest BCUT2D eigenvalue weighted by molar-refractivity contribution is 1.20. The van der Waals surface area contributed by atoms with Crippen LogP contribution >= 0.6 is 0 Å². The van der Waals surface area contributed by atoms with Crippen LogP contribution in [0.5, 0.6) is 0 Å². The molecule has 0 saturated carbocycles. The molecule has 4 heteroatoms. The number of nitrogens with zero attached hydrogens (tertiary/aromatic N) is 4. The first kappa shape index (κ1) is 14.2. The van der Waals surface area contributed by atoms with Crippen LogP contribution in [0.1, 0.15) is 0 Å². The summed E-state index contributed by atoms with van der Waals surface area (Å²) < 4.78 is 0. The highest BCUT2D eigenvalue weighted by molar-refractivity contribution is 5.61. The van der Waals surface area contributed by atoms with Crippen molar-refractivity contribution >= 4 is 11.4 Å². The van der Waals surface area contributed by atoms with E-state index in [-0.39, 0.29) is 0 Å². The van der Waals surface area contributed by atoms with Crippen molar-refractivity contribution in [3.8, 4) is 0 Å². The largest absolute Gasteiger partial charge is 0.324 e. The van der Waals surface area contributed by atoms with Crippen molar-refractivity contribution in [3.63, 3.8) is 0 Å². The van der Waals surface area contributed by atoms with E-state index in [1.807, 2.05) is 24.3 Å². The van der Waals surface area contributed by atoms with Gasteiger partial charge in [0.1, 0.15) is 0 Å². The Hall–Kier alpha value is -3.40. The summed E-state index contributed by atoms with van der Waals surface area (Å²) >= 11 is 0. The van der Waals surface area contributed by atoms with E-state index < -0.39 is 0 Å². The molecule has 116 valence electrons. The Labute approximate surface area is 141 Å². The Morgan fingerprint density at radius 2 is 0.833 bits per heavy atom. The fraction of sp³-hybridized carbons (Fsp3) is 0. The second kappa shape index (κ2) is 6.38. The van der Waals surface area contributed by atoms with Gasteiger partial charge in [-0.15, -0.1) is 0 Å². The predicted octanol–water partition coefficient (Wildman–Crippen LogP) is 4.17. The molecule has 0 saturated heterocycles. The van der Waals surface area contributed by atoms with Crippen LogP contribution in [-0.2, 0) is 0 Å².